The molecule has 0 atom stereocenters. The van der Waals surface area contributed by atoms with Crippen LogP contribution in [-0.4, -0.2) is 26.3 Å². The molecule has 0 radical (unpaired) electrons. The number of carbonyl (C=O) groups is 1. The average Bonchev–Trinajstić information content (AvgIpc) is 3.00. The van der Waals surface area contributed by atoms with E-state index in [2.05, 4.69) is 10.5 Å². The second-order valence-corrected chi connectivity index (χ2v) is 5.19. The molecule has 0 saturated heterocycles. The fraction of sp³-hybridized carbons (Fsp3) is 0.200. The summed E-state index contributed by atoms with van der Waals surface area (Å²) in [5.41, 5.74) is 3.23. The predicted octanol–water partition coefficient (Wildman–Crippen LogP) is 2.46. The van der Waals surface area contributed by atoms with E-state index in [-0.39, 0.29) is 5.91 Å². The lowest BCUT2D eigenvalue weighted by Crippen LogP contribution is -2.19. The lowest BCUT2D eigenvalue weighted by Gasteiger charge is -2.06. The molecule has 1 N–H and O–H groups in total. The minimum Gasteiger partial charge on any atom is -0.497 e. The Morgan fingerprint density at radius 2 is 2.19 bits per heavy atom. The maximum atomic E-state index is 11.7. The highest BCUT2D eigenvalue weighted by atomic mass is 32.1. The molecule has 0 unspecified atom stereocenters. The van der Waals surface area contributed by atoms with E-state index in [0.717, 1.165) is 10.4 Å². The van der Waals surface area contributed by atoms with Crippen LogP contribution >= 0.6 is 11.3 Å². The molecular weight excluding hydrogens is 288 g/mol. The van der Waals surface area contributed by atoms with Crippen LogP contribution in [0.3, 0.4) is 0 Å². The zero-order valence-corrected chi connectivity index (χ0v) is 12.6. The first-order chi connectivity index (χ1) is 10.2. The maximum absolute atomic E-state index is 11.7. The van der Waals surface area contributed by atoms with Crippen LogP contribution in [0.15, 0.2) is 40.8 Å². The molecule has 1 amide bonds. The number of carbonyl (C=O) groups excluding carboxylic acids is 1. The van der Waals surface area contributed by atoms with E-state index >= 15 is 0 Å². The molecule has 110 valence electrons. The number of thiophene rings is 1. The van der Waals surface area contributed by atoms with Gasteiger partial charge in [-0.3, -0.25) is 4.79 Å². The van der Waals surface area contributed by atoms with Gasteiger partial charge in [-0.25, -0.2) is 5.43 Å². The largest absolute Gasteiger partial charge is 0.497 e. The Bertz CT molecular complexity index is 624. The number of amides is 1. The Hall–Kier alpha value is -2.34. The van der Waals surface area contributed by atoms with Crippen molar-refractivity contribution < 1.29 is 14.3 Å². The molecule has 0 spiro atoms. The number of hydrogen-bond acceptors (Lipinski definition) is 5. The zero-order valence-electron chi connectivity index (χ0n) is 11.8. The van der Waals surface area contributed by atoms with E-state index in [0.29, 0.717) is 17.9 Å². The van der Waals surface area contributed by atoms with E-state index in [1.54, 1.807) is 43.8 Å². The van der Waals surface area contributed by atoms with Gasteiger partial charge in [-0.15, -0.1) is 11.3 Å². The van der Waals surface area contributed by atoms with Gasteiger partial charge < -0.3 is 9.47 Å². The number of nitrogens with one attached hydrogen (secondary N) is 1. The van der Waals surface area contributed by atoms with Gasteiger partial charge >= 0.3 is 0 Å². The number of hydrogen-bond donors (Lipinski definition) is 1. The molecule has 2 rings (SSSR count). The highest BCUT2D eigenvalue weighted by Gasteiger charge is 2.04. The number of benzene rings is 1. The molecule has 1 aromatic carbocycles. The van der Waals surface area contributed by atoms with Gasteiger partial charge in [-0.05, 0) is 29.6 Å². The van der Waals surface area contributed by atoms with E-state index < -0.39 is 0 Å². The summed E-state index contributed by atoms with van der Waals surface area (Å²) < 4.78 is 10.4. The van der Waals surface area contributed by atoms with Crippen LogP contribution in [-0.2, 0) is 11.2 Å². The summed E-state index contributed by atoms with van der Waals surface area (Å²) in [4.78, 5) is 12.7. The van der Waals surface area contributed by atoms with Crippen molar-refractivity contribution in [2.75, 3.05) is 14.2 Å². The average molecular weight is 304 g/mol. The topological polar surface area (TPSA) is 59.9 Å². The normalized spacial score (nSPS) is 10.6. The monoisotopic (exact) mass is 304 g/mol. The van der Waals surface area contributed by atoms with E-state index in [4.69, 9.17) is 9.47 Å². The van der Waals surface area contributed by atoms with Crippen molar-refractivity contribution in [3.05, 3.63) is 46.2 Å². The van der Waals surface area contributed by atoms with E-state index in [9.17, 15) is 4.79 Å². The fourth-order valence-corrected chi connectivity index (χ4v) is 2.43. The van der Waals surface area contributed by atoms with Crippen LogP contribution in [0.4, 0.5) is 0 Å². The molecule has 2 aromatic rings. The summed E-state index contributed by atoms with van der Waals surface area (Å²) >= 11 is 1.54. The Morgan fingerprint density at radius 3 is 2.86 bits per heavy atom. The van der Waals surface area contributed by atoms with Gasteiger partial charge in [0.2, 0.25) is 5.91 Å². The van der Waals surface area contributed by atoms with Gasteiger partial charge in [0.05, 0.1) is 26.9 Å². The lowest BCUT2D eigenvalue weighted by atomic mass is 10.2. The van der Waals surface area contributed by atoms with Crippen LogP contribution in [0.1, 0.15) is 10.4 Å². The van der Waals surface area contributed by atoms with E-state index in [1.807, 2.05) is 17.5 Å². The molecule has 0 fully saturated rings. The second kappa shape index (κ2) is 7.44. The third kappa shape index (κ3) is 4.32. The molecule has 0 aliphatic rings. The second-order valence-electron chi connectivity index (χ2n) is 4.16. The van der Waals surface area contributed by atoms with Crippen LogP contribution in [0.2, 0.25) is 0 Å². The number of methoxy groups -OCH3 is 2. The summed E-state index contributed by atoms with van der Waals surface area (Å²) in [6, 6.07) is 9.20. The minimum atomic E-state index is -0.157. The first-order valence-corrected chi connectivity index (χ1v) is 7.17. The molecule has 21 heavy (non-hydrogen) atoms. The van der Waals surface area contributed by atoms with Crippen molar-refractivity contribution >= 4 is 23.5 Å². The van der Waals surface area contributed by atoms with Gasteiger partial charge in [0.25, 0.3) is 0 Å². The van der Waals surface area contributed by atoms with Crippen molar-refractivity contribution in [1.82, 2.24) is 5.43 Å². The highest BCUT2D eigenvalue weighted by molar-refractivity contribution is 7.10. The van der Waals surface area contributed by atoms with Gasteiger partial charge in [-0.2, -0.15) is 5.10 Å². The molecule has 5 nitrogen and oxygen atoms in total. The Labute approximate surface area is 127 Å². The van der Waals surface area contributed by atoms with Gasteiger partial charge in [0.15, 0.2) is 0 Å². The molecule has 0 bridgehead atoms. The zero-order chi connectivity index (χ0) is 15.1. The molecule has 0 aliphatic heterocycles. The Morgan fingerprint density at radius 1 is 1.33 bits per heavy atom. The first-order valence-electron chi connectivity index (χ1n) is 6.29. The maximum Gasteiger partial charge on any atom is 0.245 e. The Balaban J connectivity index is 1.98. The smallest absolute Gasteiger partial charge is 0.245 e. The molecule has 6 heteroatoms. The summed E-state index contributed by atoms with van der Waals surface area (Å²) in [5, 5.41) is 5.89. The number of nitrogens with zero attached hydrogens (tertiary/aromatic N) is 1. The molecule has 0 saturated carbocycles. The first kappa shape index (κ1) is 15.1. The molecular formula is C15H16N2O3S. The Kier molecular flexibility index (Phi) is 5.34. The van der Waals surface area contributed by atoms with Crippen molar-refractivity contribution in [3.63, 3.8) is 0 Å². The fourth-order valence-electron chi connectivity index (χ4n) is 1.73. The summed E-state index contributed by atoms with van der Waals surface area (Å²) in [5.74, 6) is 1.20. The standard InChI is InChI=1S/C15H16N2O3S/c1-19-12-5-6-14(20-2)11(8-12)10-16-17-15(18)9-13-4-3-7-21-13/h3-8,10H,9H2,1-2H3,(H,17,18)/b16-10+. The van der Waals surface area contributed by atoms with Gasteiger partial charge in [-0.1, -0.05) is 6.07 Å². The van der Waals surface area contributed by atoms with Crippen LogP contribution in [0, 0.1) is 0 Å². The van der Waals surface area contributed by atoms with Crippen molar-refractivity contribution in [3.8, 4) is 11.5 Å². The van der Waals surface area contributed by atoms with Gasteiger partial charge in [0, 0.05) is 10.4 Å². The van der Waals surface area contributed by atoms with Crippen molar-refractivity contribution in [2.24, 2.45) is 5.10 Å². The summed E-state index contributed by atoms with van der Waals surface area (Å²) in [6.45, 7) is 0. The quantitative estimate of drug-likeness (QED) is 0.659. The summed E-state index contributed by atoms with van der Waals surface area (Å²) in [7, 11) is 3.17. The lowest BCUT2D eigenvalue weighted by molar-refractivity contribution is -0.120. The SMILES string of the molecule is COc1ccc(OC)c(/C=N/NC(=O)Cc2cccs2)c1. The highest BCUT2D eigenvalue weighted by Crippen LogP contribution is 2.22. The van der Waals surface area contributed by atoms with Crippen molar-refractivity contribution in [1.29, 1.82) is 0 Å². The van der Waals surface area contributed by atoms with Crippen LogP contribution in [0.25, 0.3) is 0 Å². The van der Waals surface area contributed by atoms with Crippen molar-refractivity contribution in [2.45, 2.75) is 6.42 Å². The molecule has 1 aromatic heterocycles. The molecule has 0 aliphatic carbocycles. The third-order valence-electron chi connectivity index (χ3n) is 2.74. The minimum absolute atomic E-state index is 0.157. The third-order valence-corrected chi connectivity index (χ3v) is 3.62. The number of ether oxygens (including phenoxy) is 2. The van der Waals surface area contributed by atoms with E-state index in [1.165, 1.54) is 6.21 Å². The molecule has 1 heterocycles. The van der Waals surface area contributed by atoms with Gasteiger partial charge in [0.1, 0.15) is 11.5 Å². The van der Waals surface area contributed by atoms with Crippen LogP contribution in [0.5, 0.6) is 11.5 Å². The number of hydrazone groups is 1. The number of rotatable bonds is 6. The van der Waals surface area contributed by atoms with Crippen LogP contribution < -0.4 is 14.9 Å². The summed E-state index contributed by atoms with van der Waals surface area (Å²) in [6.07, 6.45) is 1.86. The predicted molar refractivity (Wildman–Crippen MR) is 83.3 cm³/mol.